The molecule has 0 bridgehead atoms. The Bertz CT molecular complexity index is 495. The van der Waals surface area contributed by atoms with E-state index in [2.05, 4.69) is 21.2 Å². The first-order chi connectivity index (χ1) is 10.1. The fourth-order valence-electron chi connectivity index (χ4n) is 2.40. The van der Waals surface area contributed by atoms with Crippen molar-refractivity contribution in [3.63, 3.8) is 0 Å². The van der Waals surface area contributed by atoms with E-state index in [1.807, 2.05) is 0 Å². The Morgan fingerprint density at radius 2 is 2.14 bits per heavy atom. The Kier molecular flexibility index (Phi) is 5.81. The van der Waals surface area contributed by atoms with Crippen molar-refractivity contribution in [1.82, 2.24) is 10.2 Å². The van der Waals surface area contributed by atoms with Gasteiger partial charge < -0.3 is 19.7 Å². The van der Waals surface area contributed by atoms with Gasteiger partial charge in [0.1, 0.15) is 0 Å². The Morgan fingerprint density at radius 3 is 2.71 bits per heavy atom. The number of halogens is 1. The molecule has 2 heterocycles. The molecule has 0 radical (unpaired) electrons. The number of carbonyl (C=O) groups excluding carboxylic acids is 2. The van der Waals surface area contributed by atoms with E-state index in [1.165, 1.54) is 6.26 Å². The lowest BCUT2D eigenvalue weighted by Gasteiger charge is -2.31. The number of likely N-dealkylation sites (tertiary alicyclic amines) is 1. The van der Waals surface area contributed by atoms with Gasteiger partial charge in [-0.05, 0) is 41.3 Å². The zero-order valence-corrected chi connectivity index (χ0v) is 13.3. The van der Waals surface area contributed by atoms with E-state index in [0.29, 0.717) is 49.1 Å². The molecule has 2 rings (SSSR count). The van der Waals surface area contributed by atoms with Crippen molar-refractivity contribution in [2.24, 2.45) is 5.92 Å². The lowest BCUT2D eigenvalue weighted by molar-refractivity contribution is -0.126. The molecule has 116 valence electrons. The number of nitrogens with one attached hydrogen (secondary N) is 1. The fraction of sp³-hybridized carbons (Fsp3) is 0.571. The van der Waals surface area contributed by atoms with Gasteiger partial charge in [0.15, 0.2) is 4.67 Å². The van der Waals surface area contributed by atoms with Crippen molar-refractivity contribution in [2.45, 2.75) is 19.3 Å². The molecule has 0 atom stereocenters. The smallest absolute Gasteiger partial charge is 0.258 e. The highest BCUT2D eigenvalue weighted by Crippen LogP contribution is 2.23. The molecule has 2 amide bonds. The molecule has 21 heavy (non-hydrogen) atoms. The van der Waals surface area contributed by atoms with Gasteiger partial charge in [-0.2, -0.15) is 0 Å². The number of hydrogen-bond acceptors (Lipinski definition) is 4. The van der Waals surface area contributed by atoms with Gasteiger partial charge in [0.05, 0.1) is 11.8 Å². The number of aliphatic hydroxyl groups excluding tert-OH is 1. The lowest BCUT2D eigenvalue weighted by Crippen LogP contribution is -2.43. The van der Waals surface area contributed by atoms with Gasteiger partial charge in [-0.25, -0.2) is 0 Å². The summed E-state index contributed by atoms with van der Waals surface area (Å²) in [6, 6.07) is 1.64. The standard InChI is InChI=1S/C14H19BrN2O4/c15-12-11(4-9-21-12)14(20)17-6-2-10(3-7-17)13(19)16-5-1-8-18/h4,9-10,18H,1-3,5-8H2,(H,16,19). The van der Waals surface area contributed by atoms with Crippen molar-refractivity contribution >= 4 is 27.7 Å². The molecule has 1 aromatic heterocycles. The van der Waals surface area contributed by atoms with Crippen molar-refractivity contribution in [1.29, 1.82) is 0 Å². The molecule has 0 saturated carbocycles. The fourth-order valence-corrected chi connectivity index (χ4v) is 2.81. The number of amides is 2. The second-order valence-corrected chi connectivity index (χ2v) is 5.76. The van der Waals surface area contributed by atoms with E-state index in [1.54, 1.807) is 11.0 Å². The van der Waals surface area contributed by atoms with E-state index < -0.39 is 0 Å². The maximum absolute atomic E-state index is 12.3. The number of carbonyl (C=O) groups is 2. The van der Waals surface area contributed by atoms with Crippen LogP contribution in [0.2, 0.25) is 0 Å². The minimum absolute atomic E-state index is 0.0139. The molecule has 6 nitrogen and oxygen atoms in total. The minimum Gasteiger partial charge on any atom is -0.457 e. The number of furan rings is 1. The third kappa shape index (κ3) is 4.07. The predicted molar refractivity (Wildman–Crippen MR) is 79.7 cm³/mol. The van der Waals surface area contributed by atoms with Crippen LogP contribution in [0.15, 0.2) is 21.4 Å². The Hall–Kier alpha value is -1.34. The van der Waals surface area contributed by atoms with E-state index in [9.17, 15) is 9.59 Å². The zero-order chi connectivity index (χ0) is 15.2. The summed E-state index contributed by atoms with van der Waals surface area (Å²) >= 11 is 3.21. The van der Waals surface area contributed by atoms with Crippen LogP contribution in [0.4, 0.5) is 0 Å². The number of nitrogens with zero attached hydrogens (tertiary/aromatic N) is 1. The second kappa shape index (κ2) is 7.61. The summed E-state index contributed by atoms with van der Waals surface area (Å²) in [6.45, 7) is 1.70. The maximum atomic E-state index is 12.3. The molecule has 0 aliphatic carbocycles. The van der Waals surface area contributed by atoms with Gasteiger partial charge in [-0.3, -0.25) is 9.59 Å². The van der Waals surface area contributed by atoms with E-state index in [-0.39, 0.29) is 24.3 Å². The zero-order valence-electron chi connectivity index (χ0n) is 11.7. The first-order valence-electron chi connectivity index (χ1n) is 7.04. The quantitative estimate of drug-likeness (QED) is 0.779. The largest absolute Gasteiger partial charge is 0.457 e. The molecule has 1 saturated heterocycles. The monoisotopic (exact) mass is 358 g/mol. The van der Waals surface area contributed by atoms with Crippen LogP contribution in [0, 0.1) is 5.92 Å². The molecule has 1 fully saturated rings. The van der Waals surface area contributed by atoms with Crippen LogP contribution in [0.25, 0.3) is 0 Å². The molecule has 0 aromatic carbocycles. The van der Waals surface area contributed by atoms with Crippen LogP contribution in [-0.4, -0.2) is 48.1 Å². The molecule has 1 aliphatic rings. The van der Waals surface area contributed by atoms with Crippen molar-refractivity contribution in [3.8, 4) is 0 Å². The summed E-state index contributed by atoms with van der Waals surface area (Å²) in [5.74, 6) is -0.115. The first kappa shape index (κ1) is 16.0. The SMILES string of the molecule is O=C(NCCCO)C1CCN(C(=O)c2ccoc2Br)CC1. The van der Waals surface area contributed by atoms with Gasteiger partial charge in [0.25, 0.3) is 5.91 Å². The molecule has 7 heteroatoms. The summed E-state index contributed by atoms with van der Waals surface area (Å²) in [4.78, 5) is 25.9. The average molecular weight is 359 g/mol. The highest BCUT2D eigenvalue weighted by Gasteiger charge is 2.28. The van der Waals surface area contributed by atoms with Crippen LogP contribution in [0.3, 0.4) is 0 Å². The summed E-state index contributed by atoms with van der Waals surface area (Å²) < 4.78 is 5.52. The van der Waals surface area contributed by atoms with E-state index in [0.717, 1.165) is 0 Å². The van der Waals surface area contributed by atoms with Gasteiger partial charge in [0.2, 0.25) is 5.91 Å². The molecule has 0 spiro atoms. The lowest BCUT2D eigenvalue weighted by atomic mass is 9.95. The number of piperidine rings is 1. The molecular formula is C14H19BrN2O4. The Balaban J connectivity index is 1.82. The normalized spacial score (nSPS) is 16.0. The summed E-state index contributed by atoms with van der Waals surface area (Å²) in [7, 11) is 0. The highest BCUT2D eigenvalue weighted by molar-refractivity contribution is 9.10. The van der Waals surface area contributed by atoms with Gasteiger partial charge >= 0.3 is 0 Å². The first-order valence-corrected chi connectivity index (χ1v) is 7.83. The molecular weight excluding hydrogens is 340 g/mol. The second-order valence-electron chi connectivity index (χ2n) is 5.04. The minimum atomic E-state index is -0.0743. The van der Waals surface area contributed by atoms with Gasteiger partial charge in [-0.15, -0.1) is 0 Å². The van der Waals surface area contributed by atoms with Gasteiger partial charge in [0, 0.05) is 32.2 Å². The summed E-state index contributed by atoms with van der Waals surface area (Å²) in [5, 5.41) is 11.5. The molecule has 0 unspecified atom stereocenters. The van der Waals surface area contributed by atoms with Crippen molar-refractivity contribution in [3.05, 3.63) is 22.6 Å². The molecule has 1 aliphatic heterocycles. The number of hydrogen-bond donors (Lipinski definition) is 2. The highest BCUT2D eigenvalue weighted by atomic mass is 79.9. The average Bonchev–Trinajstić information content (AvgIpc) is 2.93. The Morgan fingerprint density at radius 1 is 1.43 bits per heavy atom. The summed E-state index contributed by atoms with van der Waals surface area (Å²) in [6.07, 6.45) is 3.36. The van der Waals surface area contributed by atoms with Crippen LogP contribution in [0.5, 0.6) is 0 Å². The molecule has 2 N–H and O–H groups in total. The number of aliphatic hydroxyl groups is 1. The third-order valence-electron chi connectivity index (χ3n) is 3.64. The molecule has 1 aromatic rings. The van der Waals surface area contributed by atoms with Gasteiger partial charge in [-0.1, -0.05) is 0 Å². The summed E-state index contributed by atoms with van der Waals surface area (Å²) in [5.41, 5.74) is 0.515. The van der Waals surface area contributed by atoms with Crippen LogP contribution >= 0.6 is 15.9 Å². The topological polar surface area (TPSA) is 82.8 Å². The predicted octanol–water partition coefficient (Wildman–Crippen LogP) is 1.39. The van der Waals surface area contributed by atoms with Crippen molar-refractivity contribution < 1.29 is 19.1 Å². The Labute approximate surface area is 131 Å². The van der Waals surface area contributed by atoms with Crippen molar-refractivity contribution in [2.75, 3.05) is 26.2 Å². The van der Waals surface area contributed by atoms with Crippen LogP contribution < -0.4 is 5.32 Å². The van der Waals surface area contributed by atoms with Crippen LogP contribution in [0.1, 0.15) is 29.6 Å². The van der Waals surface area contributed by atoms with E-state index in [4.69, 9.17) is 9.52 Å². The maximum Gasteiger partial charge on any atom is 0.258 e. The third-order valence-corrected chi connectivity index (χ3v) is 4.25. The number of rotatable bonds is 5. The van der Waals surface area contributed by atoms with Crippen LogP contribution in [-0.2, 0) is 4.79 Å². The van der Waals surface area contributed by atoms with E-state index >= 15 is 0 Å².